The predicted octanol–water partition coefficient (Wildman–Crippen LogP) is 3.57. The van der Waals surface area contributed by atoms with Crippen molar-refractivity contribution in [3.05, 3.63) is 52.9 Å². The van der Waals surface area contributed by atoms with Crippen LogP contribution in [0.3, 0.4) is 0 Å². The quantitative estimate of drug-likeness (QED) is 0.765. The molecule has 1 aromatic carbocycles. The molecule has 1 aromatic heterocycles. The number of hydrogen-bond donors (Lipinski definition) is 0. The van der Waals surface area contributed by atoms with Crippen molar-refractivity contribution in [2.45, 2.75) is 32.6 Å². The summed E-state index contributed by atoms with van der Waals surface area (Å²) >= 11 is 0. The van der Waals surface area contributed by atoms with E-state index in [1.807, 2.05) is 0 Å². The molecule has 0 N–H and O–H groups in total. The minimum Gasteiger partial charge on any atom is -0.381 e. The van der Waals surface area contributed by atoms with Gasteiger partial charge in [0, 0.05) is 32.1 Å². The lowest BCUT2D eigenvalue weighted by atomic mass is 10.00. The molecule has 0 spiro atoms. The molecule has 1 aliphatic heterocycles. The Morgan fingerprint density at radius 2 is 2.14 bits per heavy atom. The molecule has 2 aromatic rings. The van der Waals surface area contributed by atoms with E-state index in [9.17, 15) is 4.79 Å². The molecule has 0 aliphatic carbocycles. The summed E-state index contributed by atoms with van der Waals surface area (Å²) < 4.78 is 10.6. The van der Waals surface area contributed by atoms with Gasteiger partial charge >= 0.3 is 0 Å². The average Bonchev–Trinajstić information content (AvgIpc) is 3.19. The van der Waals surface area contributed by atoms with Crippen LogP contribution >= 0.6 is 0 Å². The average molecular weight is 299 g/mol. The number of Topliss-reactive ketones (excluding diaryl/α,β-unsaturated/α-hetero) is 1. The van der Waals surface area contributed by atoms with E-state index in [4.69, 9.17) is 9.26 Å². The minimum absolute atomic E-state index is 0.0609. The fourth-order valence-electron chi connectivity index (χ4n) is 2.71. The number of aromatic nitrogens is 1. The maximum Gasteiger partial charge on any atom is 0.184 e. The fraction of sp³-hybridized carbons (Fsp3) is 0.444. The van der Waals surface area contributed by atoms with Crippen molar-refractivity contribution in [1.82, 2.24) is 5.16 Å². The molecule has 0 bridgehead atoms. The second-order valence-electron chi connectivity index (χ2n) is 6.03. The summed E-state index contributed by atoms with van der Waals surface area (Å²) in [6.07, 6.45) is 3.12. The van der Waals surface area contributed by atoms with Crippen LogP contribution in [0.4, 0.5) is 0 Å². The Morgan fingerprint density at radius 1 is 1.32 bits per heavy atom. The number of ketones is 1. The molecule has 4 nitrogen and oxygen atoms in total. The van der Waals surface area contributed by atoms with Crippen molar-refractivity contribution in [1.29, 1.82) is 0 Å². The largest absolute Gasteiger partial charge is 0.381 e. The summed E-state index contributed by atoms with van der Waals surface area (Å²) in [7, 11) is 0. The summed E-state index contributed by atoms with van der Waals surface area (Å²) in [6, 6.07) is 10.1. The van der Waals surface area contributed by atoms with Gasteiger partial charge in [0.05, 0.1) is 0 Å². The zero-order valence-electron chi connectivity index (χ0n) is 12.9. The highest BCUT2D eigenvalue weighted by Gasteiger charge is 2.19. The molecule has 1 atom stereocenters. The number of nitrogens with zero attached hydrogens (tertiary/aromatic N) is 1. The Balaban J connectivity index is 1.55. The van der Waals surface area contributed by atoms with Gasteiger partial charge in [0.2, 0.25) is 0 Å². The zero-order chi connectivity index (χ0) is 15.4. The third kappa shape index (κ3) is 3.83. The molecule has 4 heteroatoms. The summed E-state index contributed by atoms with van der Waals surface area (Å²) in [5.74, 6) is 1.31. The molecule has 1 unspecified atom stereocenters. The van der Waals surface area contributed by atoms with Crippen molar-refractivity contribution in [3.63, 3.8) is 0 Å². The highest BCUT2D eigenvalue weighted by atomic mass is 16.5. The maximum atomic E-state index is 12.1. The van der Waals surface area contributed by atoms with Gasteiger partial charge in [-0.1, -0.05) is 35.0 Å². The standard InChI is InChI=1S/C18H21NO3/c1-13-2-4-14(5-3-13)10-16-11-17(19-22-16)18(20)7-6-15-8-9-21-12-15/h2-5,11,15H,6-10,12H2,1H3. The first-order valence-corrected chi connectivity index (χ1v) is 7.83. The highest BCUT2D eigenvalue weighted by Crippen LogP contribution is 2.20. The first-order valence-electron chi connectivity index (χ1n) is 7.83. The van der Waals surface area contributed by atoms with Crippen LogP contribution in [0.1, 0.15) is 46.6 Å². The Kier molecular flexibility index (Phi) is 4.68. The van der Waals surface area contributed by atoms with Gasteiger partial charge < -0.3 is 9.26 Å². The van der Waals surface area contributed by atoms with E-state index in [2.05, 4.69) is 36.3 Å². The molecular weight excluding hydrogens is 278 g/mol. The summed E-state index contributed by atoms with van der Waals surface area (Å²) in [5.41, 5.74) is 2.83. The van der Waals surface area contributed by atoms with Crippen LogP contribution in [0.25, 0.3) is 0 Å². The number of carbonyl (C=O) groups excluding carboxylic acids is 1. The molecule has 0 amide bonds. The number of rotatable bonds is 6. The highest BCUT2D eigenvalue weighted by molar-refractivity contribution is 5.94. The topological polar surface area (TPSA) is 52.3 Å². The van der Waals surface area contributed by atoms with Gasteiger partial charge in [0.1, 0.15) is 11.5 Å². The Hall–Kier alpha value is -1.94. The number of hydrogen-bond acceptors (Lipinski definition) is 4. The Morgan fingerprint density at radius 3 is 2.86 bits per heavy atom. The van der Waals surface area contributed by atoms with E-state index in [0.717, 1.165) is 37.4 Å². The summed E-state index contributed by atoms with van der Waals surface area (Å²) in [4.78, 5) is 12.1. The zero-order valence-corrected chi connectivity index (χ0v) is 12.9. The van der Waals surface area contributed by atoms with Crippen LogP contribution in [-0.4, -0.2) is 24.2 Å². The molecule has 22 heavy (non-hydrogen) atoms. The molecule has 0 radical (unpaired) electrons. The van der Waals surface area contributed by atoms with Crippen LogP contribution in [0.15, 0.2) is 34.9 Å². The third-order valence-electron chi connectivity index (χ3n) is 4.15. The first-order chi connectivity index (χ1) is 10.7. The van der Waals surface area contributed by atoms with Gasteiger partial charge in [-0.15, -0.1) is 0 Å². The van der Waals surface area contributed by atoms with Gasteiger partial charge in [-0.25, -0.2) is 0 Å². The lowest BCUT2D eigenvalue weighted by molar-refractivity contribution is 0.0962. The van der Waals surface area contributed by atoms with Crippen LogP contribution < -0.4 is 0 Å². The third-order valence-corrected chi connectivity index (χ3v) is 4.15. The Labute approximate surface area is 130 Å². The SMILES string of the molecule is Cc1ccc(Cc2cc(C(=O)CCC3CCOC3)no2)cc1. The van der Waals surface area contributed by atoms with Gasteiger partial charge in [0.25, 0.3) is 0 Å². The fourth-order valence-corrected chi connectivity index (χ4v) is 2.71. The van der Waals surface area contributed by atoms with E-state index in [0.29, 0.717) is 24.5 Å². The van der Waals surface area contributed by atoms with Gasteiger partial charge in [-0.2, -0.15) is 0 Å². The summed E-state index contributed by atoms with van der Waals surface area (Å²) in [5, 5.41) is 3.92. The maximum absolute atomic E-state index is 12.1. The predicted molar refractivity (Wildman–Crippen MR) is 83.0 cm³/mol. The number of benzene rings is 1. The number of ether oxygens (including phenoxy) is 1. The second kappa shape index (κ2) is 6.88. The monoisotopic (exact) mass is 299 g/mol. The van der Waals surface area contributed by atoms with Crippen molar-refractivity contribution in [2.75, 3.05) is 13.2 Å². The van der Waals surface area contributed by atoms with E-state index in [1.54, 1.807) is 6.07 Å². The van der Waals surface area contributed by atoms with Gasteiger partial charge in [-0.05, 0) is 31.2 Å². The molecule has 116 valence electrons. The molecule has 1 saturated heterocycles. The number of aryl methyl sites for hydroxylation is 1. The van der Waals surface area contributed by atoms with E-state index < -0.39 is 0 Å². The Bertz CT molecular complexity index is 624. The van der Waals surface area contributed by atoms with Crippen LogP contribution in [0, 0.1) is 12.8 Å². The number of carbonyl (C=O) groups is 1. The van der Waals surface area contributed by atoms with E-state index >= 15 is 0 Å². The van der Waals surface area contributed by atoms with E-state index in [1.165, 1.54) is 5.56 Å². The smallest absolute Gasteiger partial charge is 0.184 e. The van der Waals surface area contributed by atoms with Crippen molar-refractivity contribution < 1.29 is 14.1 Å². The van der Waals surface area contributed by atoms with Crippen LogP contribution in [-0.2, 0) is 11.2 Å². The van der Waals surface area contributed by atoms with Crippen molar-refractivity contribution in [3.8, 4) is 0 Å². The molecule has 2 heterocycles. The molecule has 1 fully saturated rings. The van der Waals surface area contributed by atoms with Crippen molar-refractivity contribution in [2.24, 2.45) is 5.92 Å². The first kappa shape index (κ1) is 15.0. The minimum atomic E-state index is 0.0609. The van der Waals surface area contributed by atoms with Gasteiger partial charge in [0.15, 0.2) is 5.78 Å². The molecule has 3 rings (SSSR count). The molecule has 1 aliphatic rings. The van der Waals surface area contributed by atoms with Crippen LogP contribution in [0.5, 0.6) is 0 Å². The van der Waals surface area contributed by atoms with Crippen molar-refractivity contribution >= 4 is 5.78 Å². The normalized spacial score (nSPS) is 17.8. The summed E-state index contributed by atoms with van der Waals surface area (Å²) in [6.45, 7) is 3.67. The second-order valence-corrected chi connectivity index (χ2v) is 6.03. The van der Waals surface area contributed by atoms with Gasteiger partial charge in [-0.3, -0.25) is 4.79 Å². The van der Waals surface area contributed by atoms with Crippen LogP contribution in [0.2, 0.25) is 0 Å². The lowest BCUT2D eigenvalue weighted by Gasteiger charge is -2.04. The molecule has 0 saturated carbocycles. The lowest BCUT2D eigenvalue weighted by Crippen LogP contribution is -2.05. The molecular formula is C18H21NO3. The van der Waals surface area contributed by atoms with E-state index in [-0.39, 0.29) is 5.78 Å².